The van der Waals surface area contributed by atoms with Gasteiger partial charge in [0, 0.05) is 24.9 Å². The Kier molecular flexibility index (Phi) is 4.90. The molecular weight excluding hydrogens is 285 g/mol. The standard InChI is InChI=1S/C16H20FN3O2/c1-16(2,3)10-18-13(21)8-9-14-19-15(20-22-14)11-4-6-12(17)7-5-11/h4-7H,8-10H2,1-3H3,(H,18,21). The lowest BCUT2D eigenvalue weighted by molar-refractivity contribution is -0.121. The lowest BCUT2D eigenvalue weighted by Crippen LogP contribution is -2.32. The molecule has 5 nitrogen and oxygen atoms in total. The molecule has 1 aromatic carbocycles. The number of benzene rings is 1. The number of nitrogens with zero attached hydrogens (tertiary/aromatic N) is 2. The van der Waals surface area contributed by atoms with Crippen LogP contribution in [0.4, 0.5) is 4.39 Å². The van der Waals surface area contributed by atoms with Crippen LogP contribution in [0.3, 0.4) is 0 Å². The van der Waals surface area contributed by atoms with Crippen molar-refractivity contribution in [2.45, 2.75) is 33.6 Å². The van der Waals surface area contributed by atoms with Crippen LogP contribution in [-0.2, 0) is 11.2 Å². The van der Waals surface area contributed by atoms with E-state index < -0.39 is 0 Å². The highest BCUT2D eigenvalue weighted by Gasteiger charge is 2.14. The third-order valence-electron chi connectivity index (χ3n) is 2.95. The normalized spacial score (nSPS) is 11.5. The molecule has 1 heterocycles. The van der Waals surface area contributed by atoms with Crippen LogP contribution in [0.5, 0.6) is 0 Å². The van der Waals surface area contributed by atoms with Gasteiger partial charge in [0.05, 0.1) is 0 Å². The number of nitrogens with one attached hydrogen (secondary N) is 1. The van der Waals surface area contributed by atoms with E-state index in [1.165, 1.54) is 12.1 Å². The number of hydrogen-bond acceptors (Lipinski definition) is 4. The molecular formula is C16H20FN3O2. The van der Waals surface area contributed by atoms with Gasteiger partial charge in [0.15, 0.2) is 0 Å². The van der Waals surface area contributed by atoms with Crippen LogP contribution >= 0.6 is 0 Å². The predicted octanol–water partition coefficient (Wildman–Crippen LogP) is 2.97. The fraction of sp³-hybridized carbons (Fsp3) is 0.438. The molecule has 0 saturated heterocycles. The summed E-state index contributed by atoms with van der Waals surface area (Å²) in [4.78, 5) is 15.9. The monoisotopic (exact) mass is 305 g/mol. The first-order valence-corrected chi connectivity index (χ1v) is 7.19. The third-order valence-corrected chi connectivity index (χ3v) is 2.95. The molecule has 1 amide bonds. The van der Waals surface area contributed by atoms with Gasteiger partial charge >= 0.3 is 0 Å². The van der Waals surface area contributed by atoms with Gasteiger partial charge < -0.3 is 9.84 Å². The average molecular weight is 305 g/mol. The average Bonchev–Trinajstić information content (AvgIpc) is 2.92. The van der Waals surface area contributed by atoms with E-state index in [9.17, 15) is 9.18 Å². The maximum atomic E-state index is 12.9. The van der Waals surface area contributed by atoms with Gasteiger partial charge in [-0.25, -0.2) is 4.39 Å². The van der Waals surface area contributed by atoms with Gasteiger partial charge in [-0.2, -0.15) is 4.98 Å². The molecule has 1 N–H and O–H groups in total. The quantitative estimate of drug-likeness (QED) is 0.922. The Morgan fingerprint density at radius 3 is 2.59 bits per heavy atom. The minimum atomic E-state index is -0.317. The summed E-state index contributed by atoms with van der Waals surface area (Å²) in [7, 11) is 0. The summed E-state index contributed by atoms with van der Waals surface area (Å²) >= 11 is 0. The van der Waals surface area contributed by atoms with Gasteiger partial charge in [0.1, 0.15) is 5.82 Å². The number of rotatable bonds is 5. The highest BCUT2D eigenvalue weighted by atomic mass is 19.1. The maximum absolute atomic E-state index is 12.9. The fourth-order valence-corrected chi connectivity index (χ4v) is 1.75. The minimum absolute atomic E-state index is 0.0449. The van der Waals surface area contributed by atoms with E-state index in [4.69, 9.17) is 4.52 Å². The van der Waals surface area contributed by atoms with Crippen molar-refractivity contribution >= 4 is 5.91 Å². The lowest BCUT2D eigenvalue weighted by Gasteiger charge is -2.18. The molecule has 0 radical (unpaired) electrons. The number of aromatic nitrogens is 2. The van der Waals surface area contributed by atoms with E-state index in [0.29, 0.717) is 36.7 Å². The van der Waals surface area contributed by atoms with Crippen LogP contribution in [0, 0.1) is 11.2 Å². The summed E-state index contributed by atoms with van der Waals surface area (Å²) in [5.74, 6) is 0.426. The summed E-state index contributed by atoms with van der Waals surface area (Å²) in [6.45, 7) is 6.79. The van der Waals surface area contributed by atoms with Gasteiger partial charge in [-0.1, -0.05) is 25.9 Å². The van der Waals surface area contributed by atoms with Crippen molar-refractivity contribution in [1.29, 1.82) is 0 Å². The van der Waals surface area contributed by atoms with Crippen LogP contribution in [0.25, 0.3) is 11.4 Å². The van der Waals surface area contributed by atoms with Gasteiger partial charge in [-0.3, -0.25) is 4.79 Å². The second kappa shape index (κ2) is 6.68. The summed E-state index contributed by atoms with van der Waals surface area (Å²) in [6, 6.07) is 5.84. The molecule has 6 heteroatoms. The molecule has 0 aliphatic carbocycles. The second-order valence-electron chi connectivity index (χ2n) is 6.36. The predicted molar refractivity (Wildman–Crippen MR) is 80.5 cm³/mol. The molecule has 0 saturated carbocycles. The number of amides is 1. The molecule has 0 bridgehead atoms. The van der Waals surface area contributed by atoms with E-state index in [1.807, 2.05) is 0 Å². The molecule has 118 valence electrons. The Hall–Kier alpha value is -2.24. The van der Waals surface area contributed by atoms with Crippen molar-refractivity contribution in [2.24, 2.45) is 5.41 Å². The number of carbonyl (C=O) groups excluding carboxylic acids is 1. The van der Waals surface area contributed by atoms with Crippen LogP contribution in [-0.4, -0.2) is 22.6 Å². The van der Waals surface area contributed by atoms with Crippen molar-refractivity contribution < 1.29 is 13.7 Å². The van der Waals surface area contributed by atoms with E-state index in [0.717, 1.165) is 0 Å². The number of hydrogen-bond donors (Lipinski definition) is 1. The maximum Gasteiger partial charge on any atom is 0.227 e. The smallest absolute Gasteiger partial charge is 0.227 e. The Bertz CT molecular complexity index is 630. The molecule has 0 atom stereocenters. The number of aryl methyl sites for hydroxylation is 1. The van der Waals surface area contributed by atoms with E-state index in [2.05, 4.69) is 36.2 Å². The molecule has 2 aromatic rings. The van der Waals surface area contributed by atoms with Gasteiger partial charge in [-0.05, 0) is 29.7 Å². The molecule has 2 rings (SSSR count). The van der Waals surface area contributed by atoms with Crippen molar-refractivity contribution in [2.75, 3.05) is 6.54 Å². The van der Waals surface area contributed by atoms with Crippen LogP contribution in [0.15, 0.2) is 28.8 Å². The number of halogens is 1. The largest absolute Gasteiger partial charge is 0.356 e. The molecule has 0 spiro atoms. The van der Waals surface area contributed by atoms with Gasteiger partial charge in [0.25, 0.3) is 0 Å². The van der Waals surface area contributed by atoms with Crippen LogP contribution in [0.2, 0.25) is 0 Å². The fourth-order valence-electron chi connectivity index (χ4n) is 1.75. The summed E-state index contributed by atoms with van der Waals surface area (Å²) in [5.41, 5.74) is 0.726. The zero-order chi connectivity index (χ0) is 16.2. The van der Waals surface area contributed by atoms with Crippen molar-refractivity contribution in [3.05, 3.63) is 36.0 Å². The highest BCUT2D eigenvalue weighted by Crippen LogP contribution is 2.16. The minimum Gasteiger partial charge on any atom is -0.356 e. The van der Waals surface area contributed by atoms with Crippen molar-refractivity contribution in [3.63, 3.8) is 0 Å². The topological polar surface area (TPSA) is 68.0 Å². The summed E-state index contributed by atoms with van der Waals surface area (Å²) in [6.07, 6.45) is 0.672. The molecule has 0 fully saturated rings. The zero-order valence-electron chi connectivity index (χ0n) is 13.0. The SMILES string of the molecule is CC(C)(C)CNC(=O)CCc1nc(-c2ccc(F)cc2)no1. The Morgan fingerprint density at radius 1 is 1.27 bits per heavy atom. The first kappa shape index (κ1) is 16.1. The molecule has 0 unspecified atom stereocenters. The van der Waals surface area contributed by atoms with Crippen LogP contribution in [0.1, 0.15) is 33.1 Å². The molecule has 0 aliphatic heterocycles. The van der Waals surface area contributed by atoms with E-state index in [1.54, 1.807) is 12.1 Å². The third kappa shape index (κ3) is 4.95. The zero-order valence-corrected chi connectivity index (χ0v) is 13.0. The Morgan fingerprint density at radius 2 is 1.95 bits per heavy atom. The first-order valence-electron chi connectivity index (χ1n) is 7.19. The molecule has 1 aromatic heterocycles. The van der Waals surface area contributed by atoms with Crippen molar-refractivity contribution in [3.8, 4) is 11.4 Å². The van der Waals surface area contributed by atoms with E-state index in [-0.39, 0.29) is 17.1 Å². The van der Waals surface area contributed by atoms with Crippen LogP contribution < -0.4 is 5.32 Å². The summed E-state index contributed by atoms with van der Waals surface area (Å²) < 4.78 is 18.0. The highest BCUT2D eigenvalue weighted by molar-refractivity contribution is 5.76. The van der Waals surface area contributed by atoms with E-state index >= 15 is 0 Å². The van der Waals surface area contributed by atoms with Crippen molar-refractivity contribution in [1.82, 2.24) is 15.5 Å². The second-order valence-corrected chi connectivity index (χ2v) is 6.36. The van der Waals surface area contributed by atoms with Gasteiger partial charge in [-0.15, -0.1) is 0 Å². The first-order chi connectivity index (χ1) is 10.3. The lowest BCUT2D eigenvalue weighted by atomic mass is 9.97. The molecule has 22 heavy (non-hydrogen) atoms. The Balaban J connectivity index is 1.87. The molecule has 0 aliphatic rings. The number of carbonyl (C=O) groups is 1. The summed E-state index contributed by atoms with van der Waals surface area (Å²) in [5, 5.41) is 6.71. The van der Waals surface area contributed by atoms with Gasteiger partial charge in [0.2, 0.25) is 17.6 Å². The Labute approximate surface area is 128 Å².